The lowest BCUT2D eigenvalue weighted by atomic mass is 10.2. The summed E-state index contributed by atoms with van der Waals surface area (Å²) in [6.45, 7) is 2.10. The summed E-state index contributed by atoms with van der Waals surface area (Å²) in [4.78, 5) is 12.5. The number of hydrogen-bond acceptors (Lipinski definition) is 2. The van der Waals surface area contributed by atoms with Crippen LogP contribution in [0.25, 0.3) is 0 Å². The van der Waals surface area contributed by atoms with Gasteiger partial charge in [-0.2, -0.15) is 0 Å². The molecular formula is C8H16N2OS. The normalized spacial score (nSPS) is 9.50. The van der Waals surface area contributed by atoms with Crippen molar-refractivity contribution in [3.05, 3.63) is 0 Å². The van der Waals surface area contributed by atoms with Gasteiger partial charge >= 0.3 is 0 Å². The van der Waals surface area contributed by atoms with Crippen molar-refractivity contribution < 1.29 is 4.79 Å². The Hall–Kier alpha value is -0.640. The van der Waals surface area contributed by atoms with Crippen molar-refractivity contribution in [1.29, 1.82) is 0 Å². The van der Waals surface area contributed by atoms with E-state index in [0.717, 1.165) is 19.3 Å². The Morgan fingerprint density at radius 3 is 2.50 bits per heavy atom. The van der Waals surface area contributed by atoms with Crippen LogP contribution in [0.2, 0.25) is 0 Å². The fraction of sp³-hybridized carbons (Fsp3) is 0.750. The van der Waals surface area contributed by atoms with E-state index >= 15 is 0 Å². The molecule has 0 aliphatic carbocycles. The van der Waals surface area contributed by atoms with Crippen LogP contribution in [0.3, 0.4) is 0 Å². The third-order valence-corrected chi connectivity index (χ3v) is 1.97. The summed E-state index contributed by atoms with van der Waals surface area (Å²) in [5, 5.41) is 0.150. The SMILES string of the molecule is CCCCCC(=O)N(C)C(N)=S. The lowest BCUT2D eigenvalue weighted by Gasteiger charge is -2.13. The highest BCUT2D eigenvalue weighted by molar-refractivity contribution is 7.80. The standard InChI is InChI=1S/C8H16N2OS/c1-3-4-5-6-7(11)10(2)8(9)12/h3-6H2,1-2H3,(H2,9,12). The van der Waals surface area contributed by atoms with Gasteiger partial charge in [0.2, 0.25) is 5.91 Å². The molecule has 0 saturated heterocycles. The Labute approximate surface area is 78.9 Å². The second-order valence-corrected chi connectivity index (χ2v) is 3.17. The smallest absolute Gasteiger partial charge is 0.228 e. The van der Waals surface area contributed by atoms with E-state index in [4.69, 9.17) is 5.73 Å². The number of carbonyl (C=O) groups is 1. The summed E-state index contributed by atoms with van der Waals surface area (Å²) in [5.74, 6) is 0.0101. The molecule has 0 aliphatic heterocycles. The summed E-state index contributed by atoms with van der Waals surface area (Å²) < 4.78 is 0. The zero-order valence-electron chi connectivity index (χ0n) is 7.67. The van der Waals surface area contributed by atoms with Gasteiger partial charge in [0, 0.05) is 13.5 Å². The minimum Gasteiger partial charge on any atom is -0.376 e. The average Bonchev–Trinajstić information content (AvgIpc) is 2.03. The van der Waals surface area contributed by atoms with Crippen molar-refractivity contribution in [3.8, 4) is 0 Å². The largest absolute Gasteiger partial charge is 0.376 e. The zero-order chi connectivity index (χ0) is 9.56. The number of thiocarbonyl (C=S) groups is 1. The molecule has 0 atom stereocenters. The Balaban J connectivity index is 3.65. The highest BCUT2D eigenvalue weighted by Gasteiger charge is 2.09. The molecule has 0 bridgehead atoms. The molecule has 0 saturated carbocycles. The number of carbonyl (C=O) groups excluding carboxylic acids is 1. The predicted molar refractivity (Wildman–Crippen MR) is 53.7 cm³/mol. The van der Waals surface area contributed by atoms with Crippen molar-refractivity contribution >= 4 is 23.2 Å². The maximum Gasteiger partial charge on any atom is 0.228 e. The molecule has 0 rings (SSSR count). The van der Waals surface area contributed by atoms with Gasteiger partial charge in [-0.15, -0.1) is 0 Å². The molecule has 0 spiro atoms. The Morgan fingerprint density at radius 2 is 2.08 bits per heavy atom. The van der Waals surface area contributed by atoms with Gasteiger partial charge in [-0.3, -0.25) is 9.69 Å². The van der Waals surface area contributed by atoms with Crippen molar-refractivity contribution in [3.63, 3.8) is 0 Å². The first-order valence-electron chi connectivity index (χ1n) is 4.15. The summed E-state index contributed by atoms with van der Waals surface area (Å²) in [7, 11) is 1.61. The molecule has 70 valence electrons. The number of rotatable bonds is 4. The molecule has 12 heavy (non-hydrogen) atoms. The fourth-order valence-corrected chi connectivity index (χ4v) is 0.919. The Bertz CT molecular complexity index is 170. The number of nitrogens with two attached hydrogens (primary N) is 1. The topological polar surface area (TPSA) is 46.3 Å². The summed E-state index contributed by atoms with van der Waals surface area (Å²) in [6.07, 6.45) is 3.66. The third-order valence-electron chi connectivity index (χ3n) is 1.70. The van der Waals surface area contributed by atoms with Crippen LogP contribution in [0, 0.1) is 0 Å². The van der Waals surface area contributed by atoms with Crippen LogP contribution in [0.1, 0.15) is 32.6 Å². The van der Waals surface area contributed by atoms with Gasteiger partial charge in [0.25, 0.3) is 0 Å². The predicted octanol–water partition coefficient (Wildman–Crippen LogP) is 1.27. The van der Waals surface area contributed by atoms with E-state index in [2.05, 4.69) is 19.1 Å². The second-order valence-electron chi connectivity index (χ2n) is 2.75. The highest BCUT2D eigenvalue weighted by Crippen LogP contribution is 2.01. The van der Waals surface area contributed by atoms with E-state index in [0.29, 0.717) is 6.42 Å². The van der Waals surface area contributed by atoms with E-state index in [-0.39, 0.29) is 11.0 Å². The molecule has 4 heteroatoms. The second kappa shape index (κ2) is 5.94. The molecule has 0 aromatic carbocycles. The maximum absolute atomic E-state index is 11.2. The highest BCUT2D eigenvalue weighted by atomic mass is 32.1. The molecule has 0 fully saturated rings. The number of unbranched alkanes of at least 4 members (excludes halogenated alkanes) is 2. The summed E-state index contributed by atoms with van der Waals surface area (Å²) >= 11 is 4.66. The number of amides is 1. The number of hydrogen-bond donors (Lipinski definition) is 1. The van der Waals surface area contributed by atoms with E-state index in [1.54, 1.807) is 7.05 Å². The van der Waals surface area contributed by atoms with E-state index in [9.17, 15) is 4.79 Å². The van der Waals surface area contributed by atoms with Crippen LogP contribution in [0.15, 0.2) is 0 Å². The minimum atomic E-state index is 0.0101. The van der Waals surface area contributed by atoms with E-state index < -0.39 is 0 Å². The first-order chi connectivity index (χ1) is 5.59. The van der Waals surface area contributed by atoms with Crippen LogP contribution in [0.4, 0.5) is 0 Å². The monoisotopic (exact) mass is 188 g/mol. The van der Waals surface area contributed by atoms with Gasteiger partial charge in [0.15, 0.2) is 5.11 Å². The van der Waals surface area contributed by atoms with E-state index in [1.165, 1.54) is 4.90 Å². The molecule has 0 unspecified atom stereocenters. The molecule has 0 heterocycles. The third kappa shape index (κ3) is 4.28. The van der Waals surface area contributed by atoms with Gasteiger partial charge in [-0.05, 0) is 18.6 Å². The van der Waals surface area contributed by atoms with Crippen LogP contribution in [-0.4, -0.2) is 23.0 Å². The quantitative estimate of drug-likeness (QED) is 0.534. The van der Waals surface area contributed by atoms with Crippen molar-refractivity contribution in [2.45, 2.75) is 32.6 Å². The van der Waals surface area contributed by atoms with Crippen molar-refractivity contribution in [2.24, 2.45) is 5.73 Å². The van der Waals surface area contributed by atoms with Crippen LogP contribution < -0.4 is 5.73 Å². The molecule has 0 aromatic rings. The average molecular weight is 188 g/mol. The van der Waals surface area contributed by atoms with Gasteiger partial charge in [-0.1, -0.05) is 19.8 Å². The fourth-order valence-electron chi connectivity index (χ4n) is 0.817. The first kappa shape index (κ1) is 11.4. The lowest BCUT2D eigenvalue weighted by molar-refractivity contribution is -0.126. The molecule has 0 aromatic heterocycles. The molecule has 2 N–H and O–H groups in total. The van der Waals surface area contributed by atoms with Crippen LogP contribution in [0.5, 0.6) is 0 Å². The maximum atomic E-state index is 11.2. The minimum absolute atomic E-state index is 0.0101. The molecule has 0 radical (unpaired) electrons. The van der Waals surface area contributed by atoms with Crippen LogP contribution in [-0.2, 0) is 4.79 Å². The van der Waals surface area contributed by atoms with E-state index in [1.807, 2.05) is 0 Å². The molecular weight excluding hydrogens is 172 g/mol. The van der Waals surface area contributed by atoms with Crippen LogP contribution >= 0.6 is 12.2 Å². The van der Waals surface area contributed by atoms with Gasteiger partial charge < -0.3 is 5.73 Å². The summed E-state index contributed by atoms with van der Waals surface area (Å²) in [6, 6.07) is 0. The zero-order valence-corrected chi connectivity index (χ0v) is 8.49. The van der Waals surface area contributed by atoms with Crippen molar-refractivity contribution in [2.75, 3.05) is 7.05 Å². The molecule has 0 aliphatic rings. The Kier molecular flexibility index (Phi) is 5.62. The number of nitrogens with zero attached hydrogens (tertiary/aromatic N) is 1. The van der Waals surface area contributed by atoms with Gasteiger partial charge in [0.05, 0.1) is 0 Å². The van der Waals surface area contributed by atoms with Gasteiger partial charge in [-0.25, -0.2) is 0 Å². The lowest BCUT2D eigenvalue weighted by Crippen LogP contribution is -2.36. The summed E-state index contributed by atoms with van der Waals surface area (Å²) in [5.41, 5.74) is 5.28. The van der Waals surface area contributed by atoms with Crippen molar-refractivity contribution in [1.82, 2.24) is 4.90 Å². The molecule has 1 amide bonds. The molecule has 3 nitrogen and oxygen atoms in total. The van der Waals surface area contributed by atoms with Gasteiger partial charge in [0.1, 0.15) is 0 Å². The first-order valence-corrected chi connectivity index (χ1v) is 4.56. The Morgan fingerprint density at radius 1 is 1.50 bits per heavy atom.